The Morgan fingerprint density at radius 1 is 0.829 bits per heavy atom. The van der Waals surface area contributed by atoms with Crippen molar-refractivity contribution in [2.75, 3.05) is 13.2 Å². The highest BCUT2D eigenvalue weighted by molar-refractivity contribution is 5.90. The lowest BCUT2D eigenvalue weighted by Crippen LogP contribution is -2.59. The average molecular weight is 512 g/mol. The first-order chi connectivity index (χ1) is 16.3. The summed E-state index contributed by atoms with van der Waals surface area (Å²) in [6, 6.07) is 12.1. The summed E-state index contributed by atoms with van der Waals surface area (Å²) in [6.45, 7) is 0.183. The summed E-state index contributed by atoms with van der Waals surface area (Å²) in [5.74, 6) is -19.3. The molecule has 0 amide bonds. The van der Waals surface area contributed by atoms with Gasteiger partial charge in [-0.05, 0) is 41.8 Å². The lowest BCUT2D eigenvalue weighted by atomic mass is 10.0. The molecular formula is C24H24F8O3. The van der Waals surface area contributed by atoms with E-state index in [1.807, 2.05) is 0 Å². The van der Waals surface area contributed by atoms with Crippen LogP contribution in [-0.2, 0) is 4.74 Å². The molecule has 0 N–H and O–H groups in total. The van der Waals surface area contributed by atoms with Crippen LogP contribution in [0.5, 0.6) is 5.75 Å². The van der Waals surface area contributed by atoms with E-state index in [0.717, 1.165) is 43.4 Å². The van der Waals surface area contributed by atoms with Crippen LogP contribution >= 0.6 is 0 Å². The van der Waals surface area contributed by atoms with Gasteiger partial charge >= 0.3 is 30.2 Å². The number of carbonyl (C=O) groups excluding carboxylic acids is 1. The van der Waals surface area contributed by atoms with Crippen molar-refractivity contribution in [1.82, 2.24) is 0 Å². The van der Waals surface area contributed by atoms with Crippen LogP contribution in [-0.4, -0.2) is 43.4 Å². The summed E-state index contributed by atoms with van der Waals surface area (Å²) in [5, 5.41) is 0. The maximum Gasteiger partial charge on any atom is 0.381 e. The molecule has 0 aliphatic carbocycles. The second-order valence-electron chi connectivity index (χ2n) is 7.79. The number of alkyl halides is 8. The van der Waals surface area contributed by atoms with Gasteiger partial charge in [0.1, 0.15) is 5.75 Å². The fourth-order valence-electron chi connectivity index (χ4n) is 2.97. The largest absolute Gasteiger partial charge is 0.494 e. The number of hydrogen-bond donors (Lipinski definition) is 0. The Morgan fingerprint density at radius 3 is 1.89 bits per heavy atom. The van der Waals surface area contributed by atoms with Crippen molar-refractivity contribution in [1.29, 1.82) is 0 Å². The maximum absolute atomic E-state index is 13.5. The monoisotopic (exact) mass is 512 g/mol. The van der Waals surface area contributed by atoms with Gasteiger partial charge in [-0.15, -0.1) is 0 Å². The van der Waals surface area contributed by atoms with E-state index in [0.29, 0.717) is 17.9 Å². The van der Waals surface area contributed by atoms with Crippen molar-refractivity contribution >= 4 is 5.97 Å². The van der Waals surface area contributed by atoms with Crippen LogP contribution in [0, 0.1) is 0 Å². The SMILES string of the molecule is CCCCCCOc1ccc(-c2ccc(C(=O)OCC(F)(F)C(F)(F)C(F)(F)C(F)F)cc2)cc1. The highest BCUT2D eigenvalue weighted by Crippen LogP contribution is 2.48. The van der Waals surface area contributed by atoms with Gasteiger partial charge in [-0.3, -0.25) is 0 Å². The van der Waals surface area contributed by atoms with Crippen molar-refractivity contribution < 1.29 is 49.4 Å². The van der Waals surface area contributed by atoms with Gasteiger partial charge in [0, 0.05) is 0 Å². The molecule has 0 heterocycles. The van der Waals surface area contributed by atoms with Crippen LogP contribution in [0.4, 0.5) is 35.1 Å². The van der Waals surface area contributed by atoms with Crippen molar-refractivity contribution in [3.05, 3.63) is 54.1 Å². The van der Waals surface area contributed by atoms with Crippen molar-refractivity contribution in [2.24, 2.45) is 0 Å². The molecule has 2 aromatic rings. The molecule has 0 bridgehead atoms. The van der Waals surface area contributed by atoms with Gasteiger partial charge < -0.3 is 9.47 Å². The van der Waals surface area contributed by atoms with Gasteiger partial charge in [-0.25, -0.2) is 13.6 Å². The van der Waals surface area contributed by atoms with Crippen LogP contribution in [0.15, 0.2) is 48.5 Å². The zero-order valence-corrected chi connectivity index (χ0v) is 18.7. The quantitative estimate of drug-likeness (QED) is 0.157. The number of carbonyl (C=O) groups is 1. The Hall–Kier alpha value is -2.85. The molecule has 11 heteroatoms. The predicted octanol–water partition coefficient (Wildman–Crippen LogP) is 7.64. The predicted molar refractivity (Wildman–Crippen MR) is 113 cm³/mol. The second kappa shape index (κ2) is 11.7. The molecule has 0 fully saturated rings. The molecule has 0 atom stereocenters. The van der Waals surface area contributed by atoms with Crippen molar-refractivity contribution in [3.8, 4) is 16.9 Å². The molecule has 0 saturated heterocycles. The molecule has 35 heavy (non-hydrogen) atoms. The lowest BCUT2D eigenvalue weighted by molar-refractivity contribution is -0.343. The number of hydrogen-bond acceptors (Lipinski definition) is 3. The van der Waals surface area contributed by atoms with Gasteiger partial charge in [0.15, 0.2) is 6.61 Å². The van der Waals surface area contributed by atoms with Gasteiger partial charge in [-0.2, -0.15) is 26.3 Å². The van der Waals surface area contributed by atoms with Gasteiger partial charge in [0.2, 0.25) is 0 Å². The van der Waals surface area contributed by atoms with Crippen LogP contribution < -0.4 is 4.74 Å². The van der Waals surface area contributed by atoms with E-state index in [-0.39, 0.29) is 5.56 Å². The molecule has 3 nitrogen and oxygen atoms in total. The third-order valence-electron chi connectivity index (χ3n) is 5.11. The number of esters is 1. The Kier molecular flexibility index (Phi) is 9.51. The van der Waals surface area contributed by atoms with Crippen LogP contribution in [0.2, 0.25) is 0 Å². The van der Waals surface area contributed by atoms with Crippen LogP contribution in [0.3, 0.4) is 0 Å². The minimum Gasteiger partial charge on any atom is -0.494 e. The minimum absolute atomic E-state index is 0.333. The Morgan fingerprint density at radius 2 is 1.37 bits per heavy atom. The zero-order chi connectivity index (χ0) is 26.3. The summed E-state index contributed by atoms with van der Waals surface area (Å²) < 4.78 is 113. The molecule has 0 unspecified atom stereocenters. The first kappa shape index (κ1) is 28.4. The summed E-state index contributed by atoms with van der Waals surface area (Å²) in [5.41, 5.74) is 1.01. The van der Waals surface area contributed by atoms with Crippen LogP contribution in [0.25, 0.3) is 11.1 Å². The summed E-state index contributed by atoms with van der Waals surface area (Å²) >= 11 is 0. The first-order valence-electron chi connectivity index (χ1n) is 10.8. The van der Waals surface area contributed by atoms with Gasteiger partial charge in [0.05, 0.1) is 12.2 Å². The standard InChI is InChI=1S/C24H24F8O3/c1-2-3-4-5-14-34-19-12-10-17(11-13-19)16-6-8-18(9-7-16)20(33)35-15-22(27,28)24(31,32)23(29,30)21(25)26/h6-13,21H,2-5,14-15H2,1H3. The molecule has 2 aromatic carbocycles. The fraction of sp³-hybridized carbons (Fsp3) is 0.458. The highest BCUT2D eigenvalue weighted by atomic mass is 19.4. The summed E-state index contributed by atoms with van der Waals surface area (Å²) in [7, 11) is 0. The normalized spacial score (nSPS) is 12.6. The molecule has 0 spiro atoms. The average Bonchev–Trinajstić information content (AvgIpc) is 2.82. The van der Waals surface area contributed by atoms with Gasteiger partial charge in [-0.1, -0.05) is 50.5 Å². The highest BCUT2D eigenvalue weighted by Gasteiger charge is 2.75. The Labute approximate surface area is 197 Å². The number of unbranched alkanes of at least 4 members (excludes halogenated alkanes) is 3. The van der Waals surface area contributed by atoms with E-state index >= 15 is 0 Å². The Balaban J connectivity index is 1.97. The minimum atomic E-state index is -6.44. The number of ether oxygens (including phenoxy) is 2. The van der Waals surface area contributed by atoms with E-state index in [9.17, 15) is 39.9 Å². The van der Waals surface area contributed by atoms with E-state index in [2.05, 4.69) is 11.7 Å². The molecule has 0 saturated carbocycles. The smallest absolute Gasteiger partial charge is 0.381 e. The maximum atomic E-state index is 13.5. The lowest BCUT2D eigenvalue weighted by Gasteiger charge is -2.31. The fourth-order valence-corrected chi connectivity index (χ4v) is 2.97. The molecule has 0 aliphatic heterocycles. The summed E-state index contributed by atoms with van der Waals surface area (Å²) in [4.78, 5) is 11.9. The third kappa shape index (κ3) is 6.85. The molecule has 194 valence electrons. The first-order valence-corrected chi connectivity index (χ1v) is 10.8. The molecule has 2 rings (SSSR count). The van der Waals surface area contributed by atoms with Crippen molar-refractivity contribution in [3.63, 3.8) is 0 Å². The van der Waals surface area contributed by atoms with E-state index in [4.69, 9.17) is 4.74 Å². The number of halogens is 8. The molecule has 0 radical (unpaired) electrons. The second-order valence-corrected chi connectivity index (χ2v) is 7.79. The van der Waals surface area contributed by atoms with Gasteiger partial charge in [0.25, 0.3) is 0 Å². The zero-order valence-electron chi connectivity index (χ0n) is 18.7. The van der Waals surface area contributed by atoms with Crippen molar-refractivity contribution in [2.45, 2.75) is 56.8 Å². The van der Waals surface area contributed by atoms with E-state index in [1.54, 1.807) is 24.3 Å². The molecule has 0 aromatic heterocycles. The Bertz CT molecular complexity index is 944. The number of benzene rings is 2. The third-order valence-corrected chi connectivity index (χ3v) is 5.11. The molecule has 0 aliphatic rings. The summed E-state index contributed by atoms with van der Waals surface area (Å²) in [6.07, 6.45) is -0.779. The topological polar surface area (TPSA) is 35.5 Å². The molecular weight excluding hydrogens is 488 g/mol. The van der Waals surface area contributed by atoms with Crippen LogP contribution in [0.1, 0.15) is 43.0 Å². The van der Waals surface area contributed by atoms with E-state index in [1.165, 1.54) is 12.1 Å². The number of rotatable bonds is 13. The van der Waals surface area contributed by atoms with E-state index < -0.39 is 36.8 Å².